The van der Waals surface area contributed by atoms with Crippen molar-refractivity contribution in [3.05, 3.63) is 65.5 Å². The molecule has 0 spiro atoms. The number of hydrogen-bond donors (Lipinski definition) is 0. The molecule has 30 heavy (non-hydrogen) atoms. The molecule has 6 heteroatoms. The van der Waals surface area contributed by atoms with Crippen LogP contribution in [0.25, 0.3) is 0 Å². The van der Waals surface area contributed by atoms with Gasteiger partial charge in [0.1, 0.15) is 11.6 Å². The van der Waals surface area contributed by atoms with Crippen molar-refractivity contribution in [2.75, 3.05) is 13.7 Å². The Labute approximate surface area is 177 Å². The van der Waals surface area contributed by atoms with Crippen LogP contribution < -0.4 is 4.74 Å². The highest BCUT2D eigenvalue weighted by Gasteiger charge is 2.29. The van der Waals surface area contributed by atoms with Crippen molar-refractivity contribution < 1.29 is 18.8 Å². The van der Waals surface area contributed by atoms with Gasteiger partial charge in [0.05, 0.1) is 19.4 Å². The molecule has 0 unspecified atom stereocenters. The number of carbonyl (C=O) groups is 1. The summed E-state index contributed by atoms with van der Waals surface area (Å²) >= 11 is 0. The lowest BCUT2D eigenvalue weighted by molar-refractivity contribution is -0.135. The van der Waals surface area contributed by atoms with Crippen LogP contribution in [0.1, 0.15) is 44.7 Å². The highest BCUT2D eigenvalue weighted by molar-refractivity contribution is 6.01. The van der Waals surface area contributed by atoms with Crippen LogP contribution in [0.2, 0.25) is 0 Å². The largest absolute Gasteiger partial charge is 0.497 e. The number of ether oxygens (including phenoxy) is 1. The van der Waals surface area contributed by atoms with Gasteiger partial charge in [0, 0.05) is 24.9 Å². The van der Waals surface area contributed by atoms with Gasteiger partial charge in [-0.25, -0.2) is 4.39 Å². The number of oxime groups is 1. The standard InChI is InChI=1S/C24H29FN2O3/c1-24(2,3)14-23(28)27(15-18-7-5-6-8-21(18)25)16-20-13-22(26-30-20)17-9-11-19(29-4)12-10-17/h5-12,20H,13-16H2,1-4H3/t20-/m0/s1. The van der Waals surface area contributed by atoms with Crippen molar-refractivity contribution in [3.63, 3.8) is 0 Å². The summed E-state index contributed by atoms with van der Waals surface area (Å²) in [6.07, 6.45) is 0.696. The highest BCUT2D eigenvalue weighted by atomic mass is 19.1. The molecule has 3 rings (SSSR count). The maximum absolute atomic E-state index is 14.2. The van der Waals surface area contributed by atoms with Gasteiger partial charge >= 0.3 is 0 Å². The second kappa shape index (κ2) is 9.28. The molecule has 0 saturated carbocycles. The molecule has 1 heterocycles. The molecule has 5 nitrogen and oxygen atoms in total. The third-order valence-corrected chi connectivity index (χ3v) is 4.93. The van der Waals surface area contributed by atoms with Crippen LogP contribution in [-0.4, -0.2) is 36.3 Å². The number of halogens is 1. The number of amides is 1. The predicted octanol–water partition coefficient (Wildman–Crippen LogP) is 4.79. The monoisotopic (exact) mass is 412 g/mol. The van der Waals surface area contributed by atoms with E-state index in [9.17, 15) is 9.18 Å². The molecule has 2 aromatic rings. The van der Waals surface area contributed by atoms with Crippen LogP contribution in [0.5, 0.6) is 5.75 Å². The molecule has 0 aromatic heterocycles. The van der Waals surface area contributed by atoms with Crippen molar-refractivity contribution in [1.29, 1.82) is 0 Å². The summed E-state index contributed by atoms with van der Waals surface area (Å²) in [7, 11) is 1.62. The Morgan fingerprint density at radius 1 is 1.20 bits per heavy atom. The van der Waals surface area contributed by atoms with E-state index in [2.05, 4.69) is 5.16 Å². The second-order valence-electron chi connectivity index (χ2n) is 8.80. The first-order chi connectivity index (χ1) is 14.2. The maximum Gasteiger partial charge on any atom is 0.223 e. The van der Waals surface area contributed by atoms with Crippen molar-refractivity contribution in [2.24, 2.45) is 10.6 Å². The minimum Gasteiger partial charge on any atom is -0.497 e. The summed E-state index contributed by atoms with van der Waals surface area (Å²) in [5.41, 5.74) is 2.12. The number of benzene rings is 2. The first kappa shape index (κ1) is 21.8. The summed E-state index contributed by atoms with van der Waals surface area (Å²) in [5, 5.41) is 4.22. The molecule has 0 fully saturated rings. The number of hydrogen-bond acceptors (Lipinski definition) is 4. The van der Waals surface area contributed by atoms with Gasteiger partial charge in [0.15, 0.2) is 6.10 Å². The van der Waals surface area contributed by atoms with Crippen LogP contribution in [0, 0.1) is 11.2 Å². The first-order valence-corrected chi connectivity index (χ1v) is 10.1. The zero-order valence-electron chi connectivity index (χ0n) is 18.0. The molecule has 160 valence electrons. The van der Waals surface area contributed by atoms with E-state index >= 15 is 0 Å². The van der Waals surface area contributed by atoms with E-state index in [0.29, 0.717) is 24.9 Å². The maximum atomic E-state index is 14.2. The summed E-state index contributed by atoms with van der Waals surface area (Å²) < 4.78 is 19.4. The fraction of sp³-hybridized carbons (Fsp3) is 0.417. The molecule has 0 aliphatic carbocycles. The van der Waals surface area contributed by atoms with Gasteiger partial charge in [-0.2, -0.15) is 0 Å². The molecular formula is C24H29FN2O3. The van der Waals surface area contributed by atoms with Crippen LogP contribution in [0.3, 0.4) is 0 Å². The molecule has 1 aliphatic rings. The van der Waals surface area contributed by atoms with E-state index in [1.54, 1.807) is 30.2 Å². The lowest BCUT2D eigenvalue weighted by atomic mass is 9.91. The average molecular weight is 413 g/mol. The van der Waals surface area contributed by atoms with E-state index < -0.39 is 0 Å². The minimum absolute atomic E-state index is 0.0211. The fourth-order valence-electron chi connectivity index (χ4n) is 3.38. The molecule has 0 saturated heterocycles. The van der Waals surface area contributed by atoms with Crippen LogP contribution >= 0.6 is 0 Å². The molecule has 0 bridgehead atoms. The van der Waals surface area contributed by atoms with Crippen molar-refractivity contribution >= 4 is 11.6 Å². The Morgan fingerprint density at radius 3 is 2.53 bits per heavy atom. The van der Waals surface area contributed by atoms with E-state index in [4.69, 9.17) is 9.57 Å². The Balaban J connectivity index is 1.70. The average Bonchev–Trinajstić information content (AvgIpc) is 3.16. The van der Waals surface area contributed by atoms with Gasteiger partial charge in [-0.1, -0.05) is 44.1 Å². The second-order valence-corrected chi connectivity index (χ2v) is 8.80. The Bertz CT molecular complexity index is 903. The van der Waals surface area contributed by atoms with Crippen molar-refractivity contribution in [1.82, 2.24) is 4.90 Å². The molecule has 0 N–H and O–H groups in total. The van der Waals surface area contributed by atoms with Gasteiger partial charge in [0.2, 0.25) is 5.91 Å². The van der Waals surface area contributed by atoms with E-state index in [1.165, 1.54) is 6.07 Å². The number of nitrogens with zero attached hydrogens (tertiary/aromatic N) is 2. The van der Waals surface area contributed by atoms with Crippen LogP contribution in [0.4, 0.5) is 4.39 Å². The lowest BCUT2D eigenvalue weighted by Crippen LogP contribution is -2.39. The zero-order valence-corrected chi connectivity index (χ0v) is 18.0. The third-order valence-electron chi connectivity index (χ3n) is 4.93. The van der Waals surface area contributed by atoms with Crippen LogP contribution in [-0.2, 0) is 16.2 Å². The van der Waals surface area contributed by atoms with E-state index in [-0.39, 0.29) is 29.8 Å². The third kappa shape index (κ3) is 5.81. The lowest BCUT2D eigenvalue weighted by Gasteiger charge is -2.28. The number of rotatable bonds is 7. The Morgan fingerprint density at radius 2 is 1.90 bits per heavy atom. The van der Waals surface area contributed by atoms with Crippen LogP contribution in [0.15, 0.2) is 53.7 Å². The molecule has 1 amide bonds. The summed E-state index contributed by atoms with van der Waals surface area (Å²) in [6, 6.07) is 14.2. The van der Waals surface area contributed by atoms with Crippen molar-refractivity contribution in [3.8, 4) is 5.75 Å². The zero-order chi connectivity index (χ0) is 21.7. The first-order valence-electron chi connectivity index (χ1n) is 10.1. The fourth-order valence-corrected chi connectivity index (χ4v) is 3.38. The van der Waals surface area contributed by atoms with Gasteiger partial charge in [-0.3, -0.25) is 4.79 Å². The summed E-state index contributed by atoms with van der Waals surface area (Å²) in [4.78, 5) is 20.3. The van der Waals surface area contributed by atoms with Gasteiger partial charge in [-0.05, 0) is 41.3 Å². The molecule has 1 aliphatic heterocycles. The molecule has 0 radical (unpaired) electrons. The van der Waals surface area contributed by atoms with E-state index in [1.807, 2.05) is 45.0 Å². The van der Waals surface area contributed by atoms with Gasteiger partial charge in [-0.15, -0.1) is 0 Å². The SMILES string of the molecule is COc1ccc(C2=NO[C@H](CN(Cc3ccccc3F)C(=O)CC(C)(C)C)C2)cc1. The molecule has 1 atom stereocenters. The number of methoxy groups -OCH3 is 1. The van der Waals surface area contributed by atoms with Crippen molar-refractivity contribution in [2.45, 2.75) is 46.3 Å². The topological polar surface area (TPSA) is 51.1 Å². The smallest absolute Gasteiger partial charge is 0.223 e. The van der Waals surface area contributed by atoms with Gasteiger partial charge in [0.25, 0.3) is 0 Å². The predicted molar refractivity (Wildman–Crippen MR) is 115 cm³/mol. The molecule has 2 aromatic carbocycles. The quantitative estimate of drug-likeness (QED) is 0.657. The van der Waals surface area contributed by atoms with E-state index in [0.717, 1.165) is 17.0 Å². The Kier molecular flexibility index (Phi) is 6.75. The minimum atomic E-state index is -0.312. The Hall–Kier alpha value is -2.89. The normalized spacial score (nSPS) is 16.0. The van der Waals surface area contributed by atoms with Gasteiger partial charge < -0.3 is 14.5 Å². The number of carbonyl (C=O) groups excluding carboxylic acids is 1. The summed E-state index contributed by atoms with van der Waals surface area (Å²) in [5.74, 6) is 0.444. The highest BCUT2D eigenvalue weighted by Crippen LogP contribution is 2.24. The summed E-state index contributed by atoms with van der Waals surface area (Å²) in [6.45, 7) is 6.61. The molecular weight excluding hydrogens is 383 g/mol.